The summed E-state index contributed by atoms with van der Waals surface area (Å²) in [6.45, 7) is 2.26. The minimum absolute atomic E-state index is 0.271. The van der Waals surface area contributed by atoms with E-state index in [0.29, 0.717) is 12.0 Å². The molecule has 0 aliphatic rings. The Morgan fingerprint density at radius 3 is 1.85 bits per heavy atom. The molecule has 0 saturated heterocycles. The van der Waals surface area contributed by atoms with Crippen molar-refractivity contribution >= 4 is 0 Å². The molecule has 3 rings (SSSR count). The number of aryl methyl sites for hydroxylation is 1. The Kier molecular flexibility index (Phi) is 9.68. The third-order valence-corrected chi connectivity index (χ3v) is 6.38. The van der Waals surface area contributed by atoms with Gasteiger partial charge in [-0.25, -0.2) is 0 Å². The second-order valence-corrected chi connectivity index (χ2v) is 9.06. The van der Waals surface area contributed by atoms with E-state index >= 15 is 0 Å². The molecule has 3 aromatic rings. The van der Waals surface area contributed by atoms with Gasteiger partial charge in [0.25, 0.3) is 0 Å². The largest absolute Gasteiger partial charge is 0.504 e. The molecule has 0 atom stereocenters. The van der Waals surface area contributed by atoms with Gasteiger partial charge in [-0.1, -0.05) is 113 Å². The second kappa shape index (κ2) is 12.9. The molecule has 0 spiro atoms. The van der Waals surface area contributed by atoms with Crippen LogP contribution < -0.4 is 0 Å². The van der Waals surface area contributed by atoms with Gasteiger partial charge in [-0.15, -0.1) is 0 Å². The summed E-state index contributed by atoms with van der Waals surface area (Å²) in [5.41, 5.74) is 4.55. The van der Waals surface area contributed by atoms with E-state index in [4.69, 9.17) is 0 Å². The lowest BCUT2D eigenvalue weighted by Crippen LogP contribution is -1.94. The summed E-state index contributed by atoms with van der Waals surface area (Å²) in [5.74, 6) is -1.04. The van der Waals surface area contributed by atoms with Crippen LogP contribution in [0.3, 0.4) is 0 Å². The lowest BCUT2D eigenvalue weighted by molar-refractivity contribution is 0.368. The van der Waals surface area contributed by atoms with Crippen LogP contribution in [0.15, 0.2) is 60.7 Å². The van der Waals surface area contributed by atoms with Crippen molar-refractivity contribution in [1.82, 2.24) is 0 Å². The molecule has 0 aliphatic heterocycles. The van der Waals surface area contributed by atoms with Crippen molar-refractivity contribution in [2.75, 3.05) is 0 Å². The first-order chi connectivity index (χ1) is 16.1. The summed E-state index contributed by atoms with van der Waals surface area (Å²) >= 11 is 0. The van der Waals surface area contributed by atoms with Crippen LogP contribution in [-0.2, 0) is 12.8 Å². The van der Waals surface area contributed by atoms with Crippen molar-refractivity contribution in [3.8, 4) is 28.4 Å². The van der Waals surface area contributed by atoms with Crippen LogP contribution in [0.25, 0.3) is 11.1 Å². The van der Waals surface area contributed by atoms with Crippen LogP contribution in [0.1, 0.15) is 81.4 Å². The van der Waals surface area contributed by atoms with Crippen molar-refractivity contribution in [2.24, 2.45) is 0 Å². The van der Waals surface area contributed by atoms with Gasteiger partial charge in [0.2, 0.25) is 5.75 Å². The Hall–Kier alpha value is -2.94. The fraction of sp³-hybridized carbons (Fsp3) is 0.400. The molecule has 0 heterocycles. The van der Waals surface area contributed by atoms with Gasteiger partial charge in [0.15, 0.2) is 11.5 Å². The summed E-state index contributed by atoms with van der Waals surface area (Å²) in [7, 11) is 0. The number of phenols is 3. The highest BCUT2D eigenvalue weighted by molar-refractivity contribution is 5.79. The maximum absolute atomic E-state index is 10.6. The molecule has 0 bridgehead atoms. The fourth-order valence-electron chi connectivity index (χ4n) is 4.45. The Morgan fingerprint density at radius 2 is 1.21 bits per heavy atom. The molecule has 0 saturated carbocycles. The maximum Gasteiger partial charge on any atom is 0.200 e. The standard InChI is InChI=1S/C30H38O3/c1-2-3-4-5-6-7-8-9-11-14-23-17-19-25(20-18-23)28-26(21-24-15-12-10-13-16-24)22-27(31)29(32)30(28)33/h10,12-13,15-20,22,31-33H,2-9,11,14,21H2,1H3. The van der Waals surface area contributed by atoms with E-state index in [2.05, 4.69) is 19.1 Å². The zero-order valence-electron chi connectivity index (χ0n) is 19.9. The van der Waals surface area contributed by atoms with E-state index in [-0.39, 0.29) is 11.5 Å². The fourth-order valence-corrected chi connectivity index (χ4v) is 4.45. The third kappa shape index (κ3) is 7.28. The molecular weight excluding hydrogens is 408 g/mol. The summed E-state index contributed by atoms with van der Waals surface area (Å²) < 4.78 is 0. The SMILES string of the molecule is CCCCCCCCCCCc1ccc(-c2c(Cc3ccccc3)cc(O)c(O)c2O)cc1. The molecule has 0 radical (unpaired) electrons. The second-order valence-electron chi connectivity index (χ2n) is 9.06. The Morgan fingerprint density at radius 1 is 0.606 bits per heavy atom. The van der Waals surface area contributed by atoms with Crippen molar-refractivity contribution in [3.05, 3.63) is 77.4 Å². The summed E-state index contributed by atoms with van der Waals surface area (Å²) in [5, 5.41) is 30.9. The van der Waals surface area contributed by atoms with Gasteiger partial charge in [-0.05, 0) is 47.6 Å². The van der Waals surface area contributed by atoms with E-state index in [1.54, 1.807) is 6.07 Å². The zero-order valence-corrected chi connectivity index (χ0v) is 19.9. The first-order valence-electron chi connectivity index (χ1n) is 12.5. The molecule has 176 valence electrons. The molecule has 0 aliphatic carbocycles. The number of unbranched alkanes of at least 4 members (excludes halogenated alkanes) is 8. The van der Waals surface area contributed by atoms with Gasteiger partial charge >= 0.3 is 0 Å². The van der Waals surface area contributed by atoms with Crippen LogP contribution >= 0.6 is 0 Å². The summed E-state index contributed by atoms with van der Waals surface area (Å²) in [6.07, 6.45) is 13.5. The minimum atomic E-state index is -0.472. The lowest BCUT2D eigenvalue weighted by Gasteiger charge is -2.15. The van der Waals surface area contributed by atoms with Gasteiger partial charge in [0.1, 0.15) is 0 Å². The van der Waals surface area contributed by atoms with Gasteiger partial charge in [-0.3, -0.25) is 0 Å². The normalized spacial score (nSPS) is 11.1. The molecule has 0 aromatic heterocycles. The van der Waals surface area contributed by atoms with Crippen LogP contribution in [0.2, 0.25) is 0 Å². The van der Waals surface area contributed by atoms with E-state index in [1.807, 2.05) is 42.5 Å². The highest BCUT2D eigenvalue weighted by Crippen LogP contribution is 2.45. The Labute approximate surface area is 198 Å². The number of phenolic OH excluding ortho intramolecular Hbond substituents is 3. The highest BCUT2D eigenvalue weighted by Gasteiger charge is 2.18. The van der Waals surface area contributed by atoms with E-state index in [1.165, 1.54) is 63.4 Å². The minimum Gasteiger partial charge on any atom is -0.504 e. The van der Waals surface area contributed by atoms with Gasteiger partial charge < -0.3 is 15.3 Å². The van der Waals surface area contributed by atoms with Crippen LogP contribution in [-0.4, -0.2) is 15.3 Å². The number of aromatic hydroxyl groups is 3. The van der Waals surface area contributed by atoms with Crippen molar-refractivity contribution in [1.29, 1.82) is 0 Å². The van der Waals surface area contributed by atoms with Crippen molar-refractivity contribution in [2.45, 2.75) is 77.6 Å². The third-order valence-electron chi connectivity index (χ3n) is 6.38. The Balaban J connectivity index is 1.61. The molecule has 0 fully saturated rings. The quantitative estimate of drug-likeness (QED) is 0.183. The molecule has 3 aromatic carbocycles. The van der Waals surface area contributed by atoms with Crippen LogP contribution in [0.5, 0.6) is 17.2 Å². The average Bonchev–Trinajstić information content (AvgIpc) is 2.83. The molecular formula is C30H38O3. The van der Waals surface area contributed by atoms with Gasteiger partial charge in [0, 0.05) is 5.56 Å². The zero-order chi connectivity index (χ0) is 23.5. The smallest absolute Gasteiger partial charge is 0.200 e. The molecule has 0 amide bonds. The predicted molar refractivity (Wildman–Crippen MR) is 137 cm³/mol. The van der Waals surface area contributed by atoms with E-state index in [9.17, 15) is 15.3 Å². The number of benzene rings is 3. The van der Waals surface area contributed by atoms with E-state index in [0.717, 1.165) is 23.1 Å². The van der Waals surface area contributed by atoms with Crippen molar-refractivity contribution in [3.63, 3.8) is 0 Å². The van der Waals surface area contributed by atoms with Gasteiger partial charge in [0.05, 0.1) is 0 Å². The molecule has 33 heavy (non-hydrogen) atoms. The van der Waals surface area contributed by atoms with Gasteiger partial charge in [-0.2, -0.15) is 0 Å². The van der Waals surface area contributed by atoms with Crippen molar-refractivity contribution < 1.29 is 15.3 Å². The maximum atomic E-state index is 10.6. The monoisotopic (exact) mass is 446 g/mol. The topological polar surface area (TPSA) is 60.7 Å². The molecule has 3 heteroatoms. The number of hydrogen-bond donors (Lipinski definition) is 3. The van der Waals surface area contributed by atoms with E-state index < -0.39 is 5.75 Å². The number of rotatable bonds is 13. The molecule has 3 nitrogen and oxygen atoms in total. The Bertz CT molecular complexity index is 978. The molecule has 0 unspecified atom stereocenters. The predicted octanol–water partition coefficient (Wildman–Crippen LogP) is 8.13. The summed E-state index contributed by atoms with van der Waals surface area (Å²) in [4.78, 5) is 0. The highest BCUT2D eigenvalue weighted by atomic mass is 16.3. The molecule has 3 N–H and O–H groups in total. The number of hydrogen-bond acceptors (Lipinski definition) is 3. The first kappa shape index (κ1) is 24.7. The average molecular weight is 447 g/mol. The van der Waals surface area contributed by atoms with Crippen LogP contribution in [0.4, 0.5) is 0 Å². The lowest BCUT2D eigenvalue weighted by atomic mass is 9.92. The summed E-state index contributed by atoms with van der Waals surface area (Å²) in [6, 6.07) is 19.7. The van der Waals surface area contributed by atoms with Crippen LogP contribution in [0, 0.1) is 0 Å². The first-order valence-corrected chi connectivity index (χ1v) is 12.5.